The Morgan fingerprint density at radius 1 is 1.17 bits per heavy atom. The summed E-state index contributed by atoms with van der Waals surface area (Å²) in [6, 6.07) is 14.9. The van der Waals surface area contributed by atoms with Gasteiger partial charge < -0.3 is 4.74 Å². The first kappa shape index (κ1) is 15.0. The number of nitrogens with zero attached hydrogens (tertiary/aromatic N) is 2. The molecule has 0 spiro atoms. The van der Waals surface area contributed by atoms with Gasteiger partial charge in [0.25, 0.3) is 5.56 Å². The molecule has 3 rings (SSSR count). The van der Waals surface area contributed by atoms with Crippen molar-refractivity contribution in [1.29, 1.82) is 0 Å². The lowest BCUT2D eigenvalue weighted by atomic mass is 10.1. The molecule has 0 fully saturated rings. The summed E-state index contributed by atoms with van der Waals surface area (Å²) in [4.78, 5) is 28.7. The SMILES string of the molecule is CC(Cc1ccccc1)OC(=O)c1cnc2ccccn2c1=O. The number of fused-ring (bicyclic) bond motifs is 1. The lowest BCUT2D eigenvalue weighted by molar-refractivity contribution is 0.0340. The standard InChI is InChI=1S/C18H16N2O3/c1-13(11-14-7-3-2-4-8-14)23-18(22)15-12-19-16-9-5-6-10-20(16)17(15)21/h2-10,12-13H,11H2,1H3. The van der Waals surface area contributed by atoms with Crippen LogP contribution in [-0.2, 0) is 11.2 Å². The van der Waals surface area contributed by atoms with Gasteiger partial charge in [-0.1, -0.05) is 36.4 Å². The highest BCUT2D eigenvalue weighted by Gasteiger charge is 2.17. The fraction of sp³-hybridized carbons (Fsp3) is 0.167. The summed E-state index contributed by atoms with van der Waals surface area (Å²) < 4.78 is 6.71. The van der Waals surface area contributed by atoms with E-state index >= 15 is 0 Å². The van der Waals surface area contributed by atoms with Gasteiger partial charge in [-0.05, 0) is 24.6 Å². The molecule has 0 saturated heterocycles. The molecule has 5 heteroatoms. The minimum Gasteiger partial charge on any atom is -0.459 e. The molecule has 1 unspecified atom stereocenters. The smallest absolute Gasteiger partial charge is 0.345 e. The number of esters is 1. The average Bonchev–Trinajstić information content (AvgIpc) is 2.56. The fourth-order valence-electron chi connectivity index (χ4n) is 2.40. The van der Waals surface area contributed by atoms with E-state index < -0.39 is 11.5 Å². The molecule has 5 nitrogen and oxygen atoms in total. The third-order valence-electron chi connectivity index (χ3n) is 3.51. The van der Waals surface area contributed by atoms with E-state index in [1.54, 1.807) is 31.3 Å². The molecule has 1 aromatic carbocycles. The maximum Gasteiger partial charge on any atom is 0.345 e. The Bertz CT molecular complexity index is 887. The first-order valence-corrected chi connectivity index (χ1v) is 7.36. The van der Waals surface area contributed by atoms with Crippen LogP contribution in [0, 0.1) is 0 Å². The lowest BCUT2D eigenvalue weighted by Gasteiger charge is -2.13. The lowest BCUT2D eigenvalue weighted by Crippen LogP contribution is -2.26. The van der Waals surface area contributed by atoms with Gasteiger partial charge in [0.2, 0.25) is 0 Å². The van der Waals surface area contributed by atoms with Gasteiger partial charge in [0.05, 0.1) is 0 Å². The number of carbonyl (C=O) groups is 1. The van der Waals surface area contributed by atoms with Crippen LogP contribution in [0.2, 0.25) is 0 Å². The van der Waals surface area contributed by atoms with E-state index in [-0.39, 0.29) is 11.7 Å². The van der Waals surface area contributed by atoms with E-state index in [4.69, 9.17) is 4.74 Å². The molecule has 0 N–H and O–H groups in total. The number of benzene rings is 1. The van der Waals surface area contributed by atoms with Gasteiger partial charge in [-0.15, -0.1) is 0 Å². The van der Waals surface area contributed by atoms with Gasteiger partial charge in [0.15, 0.2) is 0 Å². The molecule has 2 heterocycles. The Hall–Kier alpha value is -2.95. The topological polar surface area (TPSA) is 60.7 Å². The maximum atomic E-state index is 12.3. The van der Waals surface area contributed by atoms with Crippen molar-refractivity contribution >= 4 is 11.6 Å². The van der Waals surface area contributed by atoms with E-state index in [2.05, 4.69) is 4.98 Å². The van der Waals surface area contributed by atoms with E-state index in [1.165, 1.54) is 10.6 Å². The van der Waals surface area contributed by atoms with Crippen molar-refractivity contribution in [2.24, 2.45) is 0 Å². The second-order valence-corrected chi connectivity index (χ2v) is 5.31. The summed E-state index contributed by atoms with van der Waals surface area (Å²) in [6.07, 6.45) is 3.11. The Kier molecular flexibility index (Phi) is 4.19. The largest absolute Gasteiger partial charge is 0.459 e. The first-order valence-electron chi connectivity index (χ1n) is 7.36. The molecule has 23 heavy (non-hydrogen) atoms. The zero-order chi connectivity index (χ0) is 16.2. The van der Waals surface area contributed by atoms with Crippen molar-refractivity contribution < 1.29 is 9.53 Å². The summed E-state index contributed by atoms with van der Waals surface area (Å²) in [6.45, 7) is 1.80. The quantitative estimate of drug-likeness (QED) is 0.695. The average molecular weight is 308 g/mol. The number of hydrogen-bond acceptors (Lipinski definition) is 4. The summed E-state index contributed by atoms with van der Waals surface area (Å²) in [5.74, 6) is -0.649. The monoisotopic (exact) mass is 308 g/mol. The predicted octanol–water partition coefficient (Wildman–Crippen LogP) is 2.48. The van der Waals surface area contributed by atoms with Gasteiger partial charge in [-0.2, -0.15) is 0 Å². The van der Waals surface area contributed by atoms with Crippen LogP contribution in [0.4, 0.5) is 0 Å². The van der Waals surface area contributed by atoms with Crippen molar-refractivity contribution in [2.45, 2.75) is 19.4 Å². The van der Waals surface area contributed by atoms with Crippen LogP contribution < -0.4 is 5.56 Å². The molecule has 2 aromatic heterocycles. The van der Waals surface area contributed by atoms with Crippen LogP contribution in [0.15, 0.2) is 65.7 Å². The number of pyridine rings is 1. The maximum absolute atomic E-state index is 12.3. The number of ether oxygens (including phenoxy) is 1. The van der Waals surface area contributed by atoms with Crippen LogP contribution in [-0.4, -0.2) is 21.5 Å². The summed E-state index contributed by atoms with van der Waals surface area (Å²) in [5.41, 5.74) is 1.08. The molecule has 0 bridgehead atoms. The van der Waals surface area contributed by atoms with E-state index in [9.17, 15) is 9.59 Å². The van der Waals surface area contributed by atoms with E-state index in [1.807, 2.05) is 30.3 Å². The zero-order valence-corrected chi connectivity index (χ0v) is 12.7. The first-order chi connectivity index (χ1) is 11.1. The van der Waals surface area contributed by atoms with Gasteiger partial charge in [0.1, 0.15) is 17.3 Å². The fourth-order valence-corrected chi connectivity index (χ4v) is 2.40. The van der Waals surface area contributed by atoms with Crippen LogP contribution in [0.25, 0.3) is 5.65 Å². The molecular formula is C18H16N2O3. The van der Waals surface area contributed by atoms with Gasteiger partial charge in [-0.25, -0.2) is 9.78 Å². The predicted molar refractivity (Wildman–Crippen MR) is 86.5 cm³/mol. The number of carbonyl (C=O) groups excluding carboxylic acids is 1. The highest BCUT2D eigenvalue weighted by molar-refractivity contribution is 5.89. The van der Waals surface area contributed by atoms with Crippen molar-refractivity contribution in [3.05, 3.63) is 82.4 Å². The highest BCUT2D eigenvalue weighted by Crippen LogP contribution is 2.08. The zero-order valence-electron chi connectivity index (χ0n) is 12.7. The van der Waals surface area contributed by atoms with Crippen LogP contribution in [0.5, 0.6) is 0 Å². The summed E-state index contributed by atoms with van der Waals surface area (Å²) in [7, 11) is 0. The van der Waals surface area contributed by atoms with E-state index in [0.717, 1.165) is 5.56 Å². The van der Waals surface area contributed by atoms with Crippen LogP contribution >= 0.6 is 0 Å². The molecule has 116 valence electrons. The molecule has 0 aliphatic carbocycles. The minimum atomic E-state index is -0.649. The molecule has 0 radical (unpaired) electrons. The number of hydrogen-bond donors (Lipinski definition) is 0. The van der Waals surface area contributed by atoms with Crippen molar-refractivity contribution in [3.63, 3.8) is 0 Å². The Balaban J connectivity index is 1.78. The van der Waals surface area contributed by atoms with E-state index in [0.29, 0.717) is 12.1 Å². The summed E-state index contributed by atoms with van der Waals surface area (Å²) >= 11 is 0. The second-order valence-electron chi connectivity index (χ2n) is 5.31. The summed E-state index contributed by atoms with van der Waals surface area (Å²) in [5, 5.41) is 0. The molecular weight excluding hydrogens is 292 g/mol. The van der Waals surface area contributed by atoms with Crippen LogP contribution in [0.1, 0.15) is 22.8 Å². The number of rotatable bonds is 4. The molecule has 0 saturated carbocycles. The molecule has 0 aliphatic heterocycles. The van der Waals surface area contributed by atoms with Crippen molar-refractivity contribution in [2.75, 3.05) is 0 Å². The van der Waals surface area contributed by atoms with Crippen molar-refractivity contribution in [1.82, 2.24) is 9.38 Å². The van der Waals surface area contributed by atoms with Gasteiger partial charge >= 0.3 is 5.97 Å². The highest BCUT2D eigenvalue weighted by atomic mass is 16.5. The normalized spacial score (nSPS) is 12.0. The molecule has 1 atom stereocenters. The van der Waals surface area contributed by atoms with Gasteiger partial charge in [-0.3, -0.25) is 9.20 Å². The molecule has 0 aliphatic rings. The third-order valence-corrected chi connectivity index (χ3v) is 3.51. The second kappa shape index (κ2) is 6.44. The Labute approximate surface area is 133 Å². The Morgan fingerprint density at radius 2 is 1.91 bits per heavy atom. The number of aromatic nitrogens is 2. The molecule has 0 amide bonds. The Morgan fingerprint density at radius 3 is 2.70 bits per heavy atom. The minimum absolute atomic E-state index is 0.0615. The van der Waals surface area contributed by atoms with Crippen molar-refractivity contribution in [3.8, 4) is 0 Å². The van der Waals surface area contributed by atoms with Gasteiger partial charge in [0, 0.05) is 18.8 Å². The molecule has 3 aromatic rings. The third kappa shape index (κ3) is 3.29. The van der Waals surface area contributed by atoms with Crippen LogP contribution in [0.3, 0.4) is 0 Å².